The van der Waals surface area contributed by atoms with Crippen LogP contribution in [0.4, 0.5) is 0 Å². The first kappa shape index (κ1) is 10.2. The summed E-state index contributed by atoms with van der Waals surface area (Å²) in [5.41, 5.74) is 0.0776. The highest BCUT2D eigenvalue weighted by Crippen LogP contribution is 2.05. The van der Waals surface area contributed by atoms with Gasteiger partial charge >= 0.3 is 5.97 Å². The van der Waals surface area contributed by atoms with E-state index in [-0.39, 0.29) is 11.2 Å². The molecule has 2 aromatic rings. The van der Waals surface area contributed by atoms with Gasteiger partial charge in [-0.2, -0.15) is 0 Å². The molecule has 0 aliphatic heterocycles. The molecule has 0 fully saturated rings. The Kier molecular flexibility index (Phi) is 2.82. The molecule has 4 nitrogen and oxygen atoms in total. The molecule has 1 aromatic heterocycles. The van der Waals surface area contributed by atoms with Gasteiger partial charge in [0.05, 0.1) is 5.56 Å². The summed E-state index contributed by atoms with van der Waals surface area (Å²) in [6, 6.07) is 9.80. The van der Waals surface area contributed by atoms with Gasteiger partial charge in [0, 0.05) is 18.5 Å². The number of carbonyl (C=O) groups is 1. The highest BCUT2D eigenvalue weighted by atomic mass is 16.5. The van der Waals surface area contributed by atoms with Crippen molar-refractivity contribution in [3.05, 3.63) is 64.6 Å². The van der Waals surface area contributed by atoms with Crippen LogP contribution in [-0.4, -0.2) is 11.0 Å². The second-order valence-corrected chi connectivity index (χ2v) is 3.13. The van der Waals surface area contributed by atoms with Crippen LogP contribution < -0.4 is 10.2 Å². The van der Waals surface area contributed by atoms with E-state index in [1.54, 1.807) is 30.3 Å². The number of hydrogen-bond acceptors (Lipinski definition) is 3. The first-order chi connectivity index (χ1) is 7.77. The third-order valence-corrected chi connectivity index (χ3v) is 2.00. The Labute approximate surface area is 91.5 Å². The maximum absolute atomic E-state index is 11.6. The number of pyridine rings is 1. The van der Waals surface area contributed by atoms with Gasteiger partial charge in [0.15, 0.2) is 5.75 Å². The number of rotatable bonds is 2. The number of ether oxygens (including phenoxy) is 1. The van der Waals surface area contributed by atoms with E-state index in [1.807, 2.05) is 0 Å². The van der Waals surface area contributed by atoms with Gasteiger partial charge in [0.1, 0.15) is 0 Å². The smallest absolute Gasteiger partial charge is 0.343 e. The SMILES string of the molecule is O=C(Oc1c[nH]ccc1=O)c1ccccc1. The minimum atomic E-state index is -0.544. The second-order valence-electron chi connectivity index (χ2n) is 3.13. The zero-order valence-corrected chi connectivity index (χ0v) is 8.34. The zero-order valence-electron chi connectivity index (χ0n) is 8.34. The molecule has 0 radical (unpaired) electrons. The molecule has 16 heavy (non-hydrogen) atoms. The molecule has 1 N–H and O–H groups in total. The van der Waals surface area contributed by atoms with Crippen LogP contribution in [0, 0.1) is 0 Å². The Balaban J connectivity index is 2.21. The number of esters is 1. The topological polar surface area (TPSA) is 59.2 Å². The van der Waals surface area contributed by atoms with Crippen molar-refractivity contribution in [2.45, 2.75) is 0 Å². The van der Waals surface area contributed by atoms with Gasteiger partial charge in [-0.25, -0.2) is 4.79 Å². The zero-order chi connectivity index (χ0) is 11.4. The molecular weight excluding hydrogens is 206 g/mol. The highest BCUT2D eigenvalue weighted by molar-refractivity contribution is 5.90. The van der Waals surface area contributed by atoms with Crippen molar-refractivity contribution in [3.8, 4) is 5.75 Å². The van der Waals surface area contributed by atoms with Gasteiger partial charge in [-0.15, -0.1) is 0 Å². The fourth-order valence-electron chi connectivity index (χ4n) is 1.21. The molecule has 0 saturated carbocycles. The first-order valence-electron chi connectivity index (χ1n) is 4.72. The molecule has 0 amide bonds. The number of nitrogens with one attached hydrogen (secondary N) is 1. The molecule has 4 heteroatoms. The van der Waals surface area contributed by atoms with E-state index in [1.165, 1.54) is 18.5 Å². The highest BCUT2D eigenvalue weighted by Gasteiger charge is 2.09. The molecule has 80 valence electrons. The van der Waals surface area contributed by atoms with Crippen LogP contribution in [0.2, 0.25) is 0 Å². The monoisotopic (exact) mass is 215 g/mol. The lowest BCUT2D eigenvalue weighted by Crippen LogP contribution is -2.14. The number of benzene rings is 1. The van der Waals surface area contributed by atoms with E-state index in [2.05, 4.69) is 4.98 Å². The average molecular weight is 215 g/mol. The van der Waals surface area contributed by atoms with E-state index in [9.17, 15) is 9.59 Å². The Morgan fingerprint density at radius 3 is 2.56 bits per heavy atom. The predicted molar refractivity (Wildman–Crippen MR) is 58.5 cm³/mol. The number of aromatic amines is 1. The molecular formula is C12H9NO3. The van der Waals surface area contributed by atoms with Crippen molar-refractivity contribution < 1.29 is 9.53 Å². The Morgan fingerprint density at radius 1 is 1.12 bits per heavy atom. The van der Waals surface area contributed by atoms with Crippen molar-refractivity contribution in [2.24, 2.45) is 0 Å². The summed E-state index contributed by atoms with van der Waals surface area (Å²) in [6.07, 6.45) is 2.82. The molecule has 0 aliphatic rings. The van der Waals surface area contributed by atoms with E-state index in [0.29, 0.717) is 5.56 Å². The van der Waals surface area contributed by atoms with Crippen LogP contribution in [0.1, 0.15) is 10.4 Å². The van der Waals surface area contributed by atoms with Crippen LogP contribution in [0.3, 0.4) is 0 Å². The second kappa shape index (κ2) is 4.44. The largest absolute Gasteiger partial charge is 0.417 e. The molecule has 0 saturated heterocycles. The van der Waals surface area contributed by atoms with Crippen LogP contribution in [0.25, 0.3) is 0 Å². The van der Waals surface area contributed by atoms with Crippen LogP contribution in [0.5, 0.6) is 5.75 Å². The maximum Gasteiger partial charge on any atom is 0.343 e. The molecule has 0 spiro atoms. The van der Waals surface area contributed by atoms with Crippen LogP contribution in [-0.2, 0) is 0 Å². The van der Waals surface area contributed by atoms with Gasteiger partial charge < -0.3 is 9.72 Å². The summed E-state index contributed by atoms with van der Waals surface area (Å²) < 4.78 is 4.95. The van der Waals surface area contributed by atoms with Gasteiger partial charge in [0.2, 0.25) is 5.43 Å². The summed E-state index contributed by atoms with van der Waals surface area (Å²) in [6.45, 7) is 0. The summed E-state index contributed by atoms with van der Waals surface area (Å²) in [5.74, 6) is -0.548. The number of carbonyl (C=O) groups excluding carboxylic acids is 1. The van der Waals surface area contributed by atoms with Crippen molar-refractivity contribution in [1.82, 2.24) is 4.98 Å². The molecule has 0 unspecified atom stereocenters. The van der Waals surface area contributed by atoms with Gasteiger partial charge in [-0.05, 0) is 12.1 Å². The van der Waals surface area contributed by atoms with Crippen LogP contribution >= 0.6 is 0 Å². The predicted octanol–water partition coefficient (Wildman–Crippen LogP) is 1.59. The third kappa shape index (κ3) is 2.17. The van der Waals surface area contributed by atoms with Crippen molar-refractivity contribution >= 4 is 5.97 Å². The minimum Gasteiger partial charge on any atom is -0.417 e. The average Bonchev–Trinajstić information content (AvgIpc) is 2.33. The van der Waals surface area contributed by atoms with E-state index in [4.69, 9.17) is 4.74 Å². The fraction of sp³-hybridized carbons (Fsp3) is 0. The van der Waals surface area contributed by atoms with Crippen molar-refractivity contribution in [3.63, 3.8) is 0 Å². The normalized spacial score (nSPS) is 9.75. The molecule has 1 heterocycles. The molecule has 1 aromatic carbocycles. The molecule has 0 atom stereocenters. The lowest BCUT2D eigenvalue weighted by atomic mass is 10.2. The summed E-state index contributed by atoms with van der Waals surface area (Å²) in [4.78, 5) is 25.6. The lowest BCUT2D eigenvalue weighted by molar-refractivity contribution is 0.0732. The van der Waals surface area contributed by atoms with E-state index >= 15 is 0 Å². The Bertz CT molecular complexity index is 545. The standard InChI is InChI=1S/C12H9NO3/c14-10-6-7-13-8-11(10)16-12(15)9-4-2-1-3-5-9/h1-8H,(H,13,14). The minimum absolute atomic E-state index is 0.00338. The van der Waals surface area contributed by atoms with Gasteiger partial charge in [0.25, 0.3) is 0 Å². The Hall–Kier alpha value is -2.36. The first-order valence-corrected chi connectivity index (χ1v) is 4.72. The fourth-order valence-corrected chi connectivity index (χ4v) is 1.21. The van der Waals surface area contributed by atoms with Crippen molar-refractivity contribution in [2.75, 3.05) is 0 Å². The van der Waals surface area contributed by atoms with Crippen molar-refractivity contribution in [1.29, 1.82) is 0 Å². The quantitative estimate of drug-likeness (QED) is 0.774. The lowest BCUT2D eigenvalue weighted by Gasteiger charge is -2.02. The molecule has 0 bridgehead atoms. The van der Waals surface area contributed by atoms with E-state index in [0.717, 1.165) is 0 Å². The van der Waals surface area contributed by atoms with Crippen LogP contribution in [0.15, 0.2) is 53.6 Å². The van der Waals surface area contributed by atoms with E-state index < -0.39 is 5.97 Å². The maximum atomic E-state index is 11.6. The number of aromatic nitrogens is 1. The van der Waals surface area contributed by atoms with Gasteiger partial charge in [-0.1, -0.05) is 18.2 Å². The molecule has 0 aliphatic carbocycles. The summed E-state index contributed by atoms with van der Waals surface area (Å²) in [5, 5.41) is 0. The number of H-pyrrole nitrogens is 1. The summed E-state index contributed by atoms with van der Waals surface area (Å²) >= 11 is 0. The summed E-state index contributed by atoms with van der Waals surface area (Å²) in [7, 11) is 0. The molecule has 2 rings (SSSR count). The Morgan fingerprint density at radius 2 is 1.88 bits per heavy atom. The van der Waals surface area contributed by atoms with Gasteiger partial charge in [-0.3, -0.25) is 4.79 Å². The third-order valence-electron chi connectivity index (χ3n) is 2.00. The number of hydrogen-bond donors (Lipinski definition) is 1.